The lowest BCUT2D eigenvalue weighted by Gasteiger charge is -2.59. The molecule has 0 aromatic heterocycles. The molecular formula is C20H36O2. The first kappa shape index (κ1) is 18.0. The molecule has 2 heteroatoms. The van der Waals surface area contributed by atoms with Crippen molar-refractivity contribution in [2.45, 2.75) is 91.8 Å². The van der Waals surface area contributed by atoms with E-state index in [2.05, 4.69) is 40.7 Å². The van der Waals surface area contributed by atoms with Gasteiger partial charge in [-0.05, 0) is 75.0 Å². The van der Waals surface area contributed by atoms with Crippen molar-refractivity contribution in [3.05, 3.63) is 11.6 Å². The summed E-state index contributed by atoms with van der Waals surface area (Å²) < 4.78 is 0. The van der Waals surface area contributed by atoms with Crippen LogP contribution in [0.15, 0.2) is 11.6 Å². The maximum Gasteiger partial charge on any atom is 0.0726 e. The summed E-state index contributed by atoms with van der Waals surface area (Å²) in [7, 11) is 0. The van der Waals surface area contributed by atoms with Crippen molar-refractivity contribution < 1.29 is 10.2 Å². The van der Waals surface area contributed by atoms with Gasteiger partial charge in [-0.15, -0.1) is 0 Å². The Bertz CT molecular complexity index is 439. The van der Waals surface area contributed by atoms with Gasteiger partial charge in [0.15, 0.2) is 0 Å². The first-order valence-corrected chi connectivity index (χ1v) is 9.14. The summed E-state index contributed by atoms with van der Waals surface area (Å²) in [4.78, 5) is 0. The SMILES string of the molecule is CC[C@](C)(O)CC[C@@]1(C)[C@H](C)CC[C@@]2(C)C(C)=C[C@H](O)C[C@H]12. The van der Waals surface area contributed by atoms with E-state index in [0.29, 0.717) is 11.8 Å². The number of rotatable bonds is 4. The average molecular weight is 309 g/mol. The van der Waals surface area contributed by atoms with Crippen LogP contribution in [0.1, 0.15) is 80.1 Å². The fraction of sp³-hybridized carbons (Fsp3) is 0.900. The van der Waals surface area contributed by atoms with Crippen molar-refractivity contribution in [3.8, 4) is 0 Å². The fourth-order valence-corrected chi connectivity index (χ4v) is 5.02. The number of aliphatic hydroxyl groups excluding tert-OH is 1. The third-order valence-electron chi connectivity index (χ3n) is 7.57. The van der Waals surface area contributed by atoms with Crippen LogP contribution >= 0.6 is 0 Å². The molecule has 0 amide bonds. The maximum atomic E-state index is 10.5. The van der Waals surface area contributed by atoms with Gasteiger partial charge in [0.2, 0.25) is 0 Å². The molecule has 0 radical (unpaired) electrons. The summed E-state index contributed by atoms with van der Waals surface area (Å²) in [5.41, 5.74) is 1.23. The highest BCUT2D eigenvalue weighted by Crippen LogP contribution is 2.62. The summed E-state index contributed by atoms with van der Waals surface area (Å²) in [6.07, 6.45) is 7.85. The van der Waals surface area contributed by atoms with Gasteiger partial charge in [0.25, 0.3) is 0 Å². The monoisotopic (exact) mass is 308 g/mol. The summed E-state index contributed by atoms with van der Waals surface area (Å²) in [5, 5.41) is 20.8. The number of fused-ring (bicyclic) bond motifs is 1. The lowest BCUT2D eigenvalue weighted by atomic mass is 9.46. The van der Waals surface area contributed by atoms with Crippen LogP contribution in [0, 0.1) is 22.7 Å². The molecule has 0 aliphatic heterocycles. The molecule has 2 N–H and O–H groups in total. The summed E-state index contributed by atoms with van der Waals surface area (Å²) in [6.45, 7) is 13.4. The van der Waals surface area contributed by atoms with Crippen molar-refractivity contribution in [3.63, 3.8) is 0 Å². The van der Waals surface area contributed by atoms with E-state index in [1.165, 1.54) is 18.4 Å². The Hall–Kier alpha value is -0.340. The zero-order valence-corrected chi connectivity index (χ0v) is 15.4. The Morgan fingerprint density at radius 1 is 1.36 bits per heavy atom. The van der Waals surface area contributed by atoms with E-state index in [1.54, 1.807) is 0 Å². The molecule has 0 aromatic rings. The molecule has 0 aromatic carbocycles. The molecule has 0 bridgehead atoms. The molecular weight excluding hydrogens is 272 g/mol. The van der Waals surface area contributed by atoms with Crippen molar-refractivity contribution in [1.29, 1.82) is 0 Å². The van der Waals surface area contributed by atoms with Gasteiger partial charge in [-0.25, -0.2) is 0 Å². The number of hydrogen-bond donors (Lipinski definition) is 2. The Morgan fingerprint density at radius 3 is 2.59 bits per heavy atom. The van der Waals surface area contributed by atoms with Gasteiger partial charge in [-0.2, -0.15) is 0 Å². The second-order valence-electron chi connectivity index (χ2n) is 8.92. The van der Waals surface area contributed by atoms with Crippen molar-refractivity contribution in [2.24, 2.45) is 22.7 Å². The van der Waals surface area contributed by atoms with Crippen LogP contribution < -0.4 is 0 Å². The van der Waals surface area contributed by atoms with E-state index in [9.17, 15) is 10.2 Å². The Labute approximate surface area is 137 Å². The van der Waals surface area contributed by atoms with Gasteiger partial charge in [0.05, 0.1) is 11.7 Å². The Balaban J connectivity index is 2.30. The molecule has 1 saturated carbocycles. The molecule has 0 spiro atoms. The number of hydrogen-bond acceptors (Lipinski definition) is 2. The highest BCUT2D eigenvalue weighted by Gasteiger charge is 2.54. The maximum absolute atomic E-state index is 10.5. The molecule has 22 heavy (non-hydrogen) atoms. The van der Waals surface area contributed by atoms with Crippen LogP contribution in [0.4, 0.5) is 0 Å². The standard InChI is InChI=1S/C20H36O2/c1-7-18(4,22)10-11-20(6)14(2)8-9-19(5)15(3)12-16(21)13-17(19)20/h12,14,16-17,21-22H,7-11,13H2,1-6H3/t14-,16+,17+,18+,19+,20+/m1/s1. The van der Waals surface area contributed by atoms with Crippen LogP contribution in [-0.2, 0) is 0 Å². The molecule has 6 atom stereocenters. The minimum atomic E-state index is -0.561. The highest BCUT2D eigenvalue weighted by atomic mass is 16.3. The van der Waals surface area contributed by atoms with Crippen LogP contribution in [0.3, 0.4) is 0 Å². The molecule has 0 heterocycles. The normalized spacial score (nSPS) is 44.9. The third-order valence-corrected chi connectivity index (χ3v) is 7.57. The lowest BCUT2D eigenvalue weighted by Crippen LogP contribution is -2.52. The molecule has 0 saturated heterocycles. The van der Waals surface area contributed by atoms with Crippen LogP contribution in [0.5, 0.6) is 0 Å². The molecule has 0 unspecified atom stereocenters. The number of allylic oxidation sites excluding steroid dienone is 1. The summed E-state index contributed by atoms with van der Waals surface area (Å²) in [6, 6.07) is 0. The van der Waals surface area contributed by atoms with E-state index < -0.39 is 5.60 Å². The number of aliphatic hydroxyl groups is 2. The first-order valence-electron chi connectivity index (χ1n) is 9.14. The molecule has 2 nitrogen and oxygen atoms in total. The predicted octanol–water partition coefficient (Wildman–Crippen LogP) is 4.70. The predicted molar refractivity (Wildman–Crippen MR) is 92.6 cm³/mol. The largest absolute Gasteiger partial charge is 0.390 e. The Kier molecular flexibility index (Phi) is 4.86. The van der Waals surface area contributed by atoms with Crippen molar-refractivity contribution in [1.82, 2.24) is 0 Å². The van der Waals surface area contributed by atoms with Crippen LogP contribution in [0.25, 0.3) is 0 Å². The van der Waals surface area contributed by atoms with Gasteiger partial charge in [-0.3, -0.25) is 0 Å². The smallest absolute Gasteiger partial charge is 0.0726 e. The second kappa shape index (κ2) is 5.94. The third kappa shape index (κ3) is 3.01. The molecule has 2 rings (SSSR count). The molecule has 1 fully saturated rings. The van der Waals surface area contributed by atoms with Gasteiger partial charge in [0.1, 0.15) is 0 Å². The van der Waals surface area contributed by atoms with E-state index >= 15 is 0 Å². The zero-order valence-electron chi connectivity index (χ0n) is 15.4. The van der Waals surface area contributed by atoms with Gasteiger partial charge in [-0.1, -0.05) is 39.3 Å². The summed E-state index contributed by atoms with van der Waals surface area (Å²) in [5.74, 6) is 1.16. The van der Waals surface area contributed by atoms with E-state index in [0.717, 1.165) is 25.7 Å². The minimum Gasteiger partial charge on any atom is -0.390 e. The highest BCUT2D eigenvalue weighted by molar-refractivity contribution is 5.23. The molecule has 2 aliphatic rings. The van der Waals surface area contributed by atoms with Crippen LogP contribution in [0.2, 0.25) is 0 Å². The van der Waals surface area contributed by atoms with E-state index in [1.807, 2.05) is 6.92 Å². The first-order chi connectivity index (χ1) is 10.0. The van der Waals surface area contributed by atoms with Crippen molar-refractivity contribution in [2.75, 3.05) is 0 Å². The quantitative estimate of drug-likeness (QED) is 0.739. The second-order valence-corrected chi connectivity index (χ2v) is 8.92. The fourth-order valence-electron chi connectivity index (χ4n) is 5.02. The van der Waals surface area contributed by atoms with E-state index in [4.69, 9.17) is 0 Å². The zero-order chi connectivity index (χ0) is 16.8. The van der Waals surface area contributed by atoms with Gasteiger partial charge < -0.3 is 10.2 Å². The topological polar surface area (TPSA) is 40.5 Å². The van der Waals surface area contributed by atoms with Crippen molar-refractivity contribution >= 4 is 0 Å². The van der Waals surface area contributed by atoms with Crippen LogP contribution in [-0.4, -0.2) is 21.9 Å². The molecule has 2 aliphatic carbocycles. The van der Waals surface area contributed by atoms with E-state index in [-0.39, 0.29) is 16.9 Å². The van der Waals surface area contributed by atoms with Gasteiger partial charge >= 0.3 is 0 Å². The van der Waals surface area contributed by atoms with Gasteiger partial charge in [0, 0.05) is 0 Å². The molecule has 128 valence electrons. The summed E-state index contributed by atoms with van der Waals surface area (Å²) >= 11 is 0. The average Bonchev–Trinajstić information content (AvgIpc) is 2.45. The lowest BCUT2D eigenvalue weighted by molar-refractivity contribution is -0.0784. The minimum absolute atomic E-state index is 0.197. The Morgan fingerprint density at radius 2 is 2.00 bits per heavy atom.